The standard InChI is InChI=1S/C12H18N2O2/c1-14(12(15)8-5-9-13)16-10-11-6-3-2-4-7-11/h2-4,6-7H,5,8-10,13H2,1H3/p+1. The van der Waals surface area contributed by atoms with Gasteiger partial charge in [-0.05, 0) is 5.56 Å². The monoisotopic (exact) mass is 223 g/mol. The normalized spacial score (nSPS) is 10.1. The largest absolute Gasteiger partial charge is 0.358 e. The summed E-state index contributed by atoms with van der Waals surface area (Å²) in [7, 11) is 1.65. The highest BCUT2D eigenvalue weighted by molar-refractivity contribution is 5.74. The van der Waals surface area contributed by atoms with E-state index in [9.17, 15) is 4.79 Å². The summed E-state index contributed by atoms with van der Waals surface area (Å²) < 4.78 is 0. The molecule has 0 aliphatic rings. The average molecular weight is 223 g/mol. The summed E-state index contributed by atoms with van der Waals surface area (Å²) in [6.07, 6.45) is 1.30. The molecule has 0 unspecified atom stereocenters. The second-order valence-corrected chi connectivity index (χ2v) is 3.61. The van der Waals surface area contributed by atoms with Crippen molar-refractivity contribution < 1.29 is 15.4 Å². The quantitative estimate of drug-likeness (QED) is 0.718. The molecule has 88 valence electrons. The number of rotatable bonds is 6. The third kappa shape index (κ3) is 4.42. The SMILES string of the molecule is CN(OCc1ccccc1)C(=O)CCC[NH3+]. The van der Waals surface area contributed by atoms with Crippen molar-refractivity contribution in [2.45, 2.75) is 19.4 Å². The fourth-order valence-corrected chi connectivity index (χ4v) is 1.25. The van der Waals surface area contributed by atoms with E-state index in [2.05, 4.69) is 5.73 Å². The first-order valence-electron chi connectivity index (χ1n) is 5.46. The molecule has 1 aromatic rings. The maximum atomic E-state index is 11.5. The van der Waals surface area contributed by atoms with E-state index < -0.39 is 0 Å². The predicted molar refractivity (Wildman–Crippen MR) is 61.0 cm³/mol. The fourth-order valence-electron chi connectivity index (χ4n) is 1.25. The lowest BCUT2D eigenvalue weighted by molar-refractivity contribution is -0.368. The molecule has 0 saturated carbocycles. The summed E-state index contributed by atoms with van der Waals surface area (Å²) in [6.45, 7) is 1.20. The second-order valence-electron chi connectivity index (χ2n) is 3.61. The Morgan fingerprint density at radius 2 is 2.06 bits per heavy atom. The van der Waals surface area contributed by atoms with E-state index in [1.54, 1.807) is 7.05 Å². The lowest BCUT2D eigenvalue weighted by atomic mass is 10.2. The number of quaternary nitrogens is 1. The molecule has 1 amide bonds. The number of amides is 1. The van der Waals surface area contributed by atoms with Crippen LogP contribution in [-0.4, -0.2) is 24.6 Å². The van der Waals surface area contributed by atoms with Crippen LogP contribution in [0, 0.1) is 0 Å². The molecule has 4 nitrogen and oxygen atoms in total. The van der Waals surface area contributed by atoms with Gasteiger partial charge < -0.3 is 5.73 Å². The number of benzene rings is 1. The molecule has 0 bridgehead atoms. The number of hydroxylamine groups is 2. The van der Waals surface area contributed by atoms with Gasteiger partial charge in [0.1, 0.15) is 6.61 Å². The molecule has 0 heterocycles. The number of hydrogen-bond acceptors (Lipinski definition) is 2. The molecule has 0 saturated heterocycles. The van der Waals surface area contributed by atoms with Crippen LogP contribution in [0.15, 0.2) is 30.3 Å². The zero-order chi connectivity index (χ0) is 11.8. The molecule has 0 fully saturated rings. The van der Waals surface area contributed by atoms with Crippen molar-refractivity contribution in [3.8, 4) is 0 Å². The molecule has 0 spiro atoms. The highest BCUT2D eigenvalue weighted by atomic mass is 16.7. The van der Waals surface area contributed by atoms with Crippen molar-refractivity contribution in [1.29, 1.82) is 0 Å². The number of carbonyl (C=O) groups excluding carboxylic acids is 1. The van der Waals surface area contributed by atoms with E-state index in [0.717, 1.165) is 18.5 Å². The van der Waals surface area contributed by atoms with Crippen LogP contribution in [0.25, 0.3) is 0 Å². The van der Waals surface area contributed by atoms with Crippen molar-refractivity contribution in [3.63, 3.8) is 0 Å². The highest BCUT2D eigenvalue weighted by Crippen LogP contribution is 2.03. The summed E-state index contributed by atoms with van der Waals surface area (Å²) in [6, 6.07) is 9.78. The van der Waals surface area contributed by atoms with Crippen LogP contribution >= 0.6 is 0 Å². The Morgan fingerprint density at radius 1 is 1.38 bits per heavy atom. The molecule has 4 heteroatoms. The third-order valence-electron chi connectivity index (χ3n) is 2.26. The van der Waals surface area contributed by atoms with Crippen LogP contribution in [0.2, 0.25) is 0 Å². The van der Waals surface area contributed by atoms with E-state index in [1.165, 1.54) is 5.06 Å². The van der Waals surface area contributed by atoms with Crippen LogP contribution in [0.3, 0.4) is 0 Å². The first kappa shape index (κ1) is 12.7. The van der Waals surface area contributed by atoms with Gasteiger partial charge in [-0.3, -0.25) is 9.63 Å². The maximum Gasteiger partial charge on any atom is 0.246 e. The van der Waals surface area contributed by atoms with Gasteiger partial charge in [0.05, 0.1) is 6.54 Å². The van der Waals surface area contributed by atoms with E-state index in [4.69, 9.17) is 4.84 Å². The smallest absolute Gasteiger partial charge is 0.246 e. The Balaban J connectivity index is 2.29. The zero-order valence-corrected chi connectivity index (χ0v) is 9.69. The number of carbonyl (C=O) groups is 1. The summed E-state index contributed by atoms with van der Waals surface area (Å²) in [5.74, 6) is -0.000388. The molecular weight excluding hydrogens is 204 g/mol. The molecule has 0 aliphatic carbocycles. The van der Waals surface area contributed by atoms with E-state index in [1.807, 2.05) is 30.3 Å². The predicted octanol–water partition coefficient (Wildman–Crippen LogP) is 0.599. The number of nitrogens with zero attached hydrogens (tertiary/aromatic N) is 1. The Labute approximate surface area is 95.9 Å². The third-order valence-corrected chi connectivity index (χ3v) is 2.26. The van der Waals surface area contributed by atoms with Crippen molar-refractivity contribution in [2.24, 2.45) is 0 Å². The molecule has 3 N–H and O–H groups in total. The van der Waals surface area contributed by atoms with Crippen molar-refractivity contribution >= 4 is 5.91 Å². The molecule has 0 atom stereocenters. The Morgan fingerprint density at radius 3 is 2.69 bits per heavy atom. The highest BCUT2D eigenvalue weighted by Gasteiger charge is 2.08. The van der Waals surface area contributed by atoms with Crippen LogP contribution in [0.4, 0.5) is 0 Å². The van der Waals surface area contributed by atoms with Gasteiger partial charge >= 0.3 is 0 Å². The van der Waals surface area contributed by atoms with Gasteiger partial charge in [-0.15, -0.1) is 0 Å². The van der Waals surface area contributed by atoms with Crippen LogP contribution in [0.1, 0.15) is 18.4 Å². The zero-order valence-electron chi connectivity index (χ0n) is 9.69. The summed E-state index contributed by atoms with van der Waals surface area (Å²) in [4.78, 5) is 16.8. The van der Waals surface area contributed by atoms with Gasteiger partial charge in [-0.2, -0.15) is 0 Å². The van der Waals surface area contributed by atoms with E-state index in [0.29, 0.717) is 13.0 Å². The van der Waals surface area contributed by atoms with Gasteiger partial charge in [0, 0.05) is 19.9 Å². The molecule has 16 heavy (non-hydrogen) atoms. The minimum absolute atomic E-state index is 0.000388. The maximum absolute atomic E-state index is 11.5. The summed E-state index contributed by atoms with van der Waals surface area (Å²) in [5, 5.41) is 1.31. The lowest BCUT2D eigenvalue weighted by Gasteiger charge is -2.16. The Bertz CT molecular complexity index is 314. The molecule has 0 aromatic heterocycles. The molecule has 1 rings (SSSR count). The first-order valence-corrected chi connectivity index (χ1v) is 5.46. The van der Waals surface area contributed by atoms with Gasteiger partial charge in [0.15, 0.2) is 0 Å². The summed E-state index contributed by atoms with van der Waals surface area (Å²) >= 11 is 0. The minimum Gasteiger partial charge on any atom is -0.358 e. The first-order chi connectivity index (χ1) is 7.74. The minimum atomic E-state index is -0.000388. The van der Waals surface area contributed by atoms with Gasteiger partial charge in [-0.25, -0.2) is 5.06 Å². The lowest BCUT2D eigenvalue weighted by Crippen LogP contribution is -2.50. The van der Waals surface area contributed by atoms with Gasteiger partial charge in [0.25, 0.3) is 0 Å². The summed E-state index contributed by atoms with van der Waals surface area (Å²) in [5.41, 5.74) is 4.75. The van der Waals surface area contributed by atoms with E-state index >= 15 is 0 Å². The van der Waals surface area contributed by atoms with Crippen LogP contribution in [-0.2, 0) is 16.2 Å². The van der Waals surface area contributed by atoms with Crippen LogP contribution < -0.4 is 5.73 Å². The van der Waals surface area contributed by atoms with Crippen LogP contribution in [0.5, 0.6) is 0 Å². The van der Waals surface area contributed by atoms with Crippen molar-refractivity contribution in [2.75, 3.05) is 13.6 Å². The van der Waals surface area contributed by atoms with Crippen molar-refractivity contribution in [1.82, 2.24) is 5.06 Å². The average Bonchev–Trinajstić information content (AvgIpc) is 2.34. The number of hydrogen-bond donors (Lipinski definition) is 1. The second kappa shape index (κ2) is 6.98. The fraction of sp³-hybridized carbons (Fsp3) is 0.417. The molecule has 0 radical (unpaired) electrons. The topological polar surface area (TPSA) is 57.2 Å². The van der Waals surface area contributed by atoms with Gasteiger partial charge in [0.2, 0.25) is 5.91 Å². The molecular formula is C12H19N2O2+. The Hall–Kier alpha value is -1.39. The van der Waals surface area contributed by atoms with E-state index in [-0.39, 0.29) is 5.91 Å². The Kier molecular flexibility index (Phi) is 5.53. The van der Waals surface area contributed by atoms with Crippen molar-refractivity contribution in [3.05, 3.63) is 35.9 Å². The molecule has 0 aliphatic heterocycles. The van der Waals surface area contributed by atoms with Gasteiger partial charge in [-0.1, -0.05) is 30.3 Å². The molecule has 1 aromatic carbocycles.